The zero-order valence-corrected chi connectivity index (χ0v) is 24.6. The summed E-state index contributed by atoms with van der Waals surface area (Å²) in [6.45, 7) is 12.9. The van der Waals surface area contributed by atoms with Gasteiger partial charge in [0, 0.05) is 31.8 Å². The molecule has 0 heterocycles. The summed E-state index contributed by atoms with van der Waals surface area (Å²) in [7, 11) is -2.80. The van der Waals surface area contributed by atoms with Crippen LogP contribution in [0.4, 0.5) is 0 Å². The molecule has 0 fully saturated rings. The van der Waals surface area contributed by atoms with E-state index in [1.54, 1.807) is 0 Å². The van der Waals surface area contributed by atoms with Crippen LogP contribution in [-0.2, 0) is 18.0 Å². The van der Waals surface area contributed by atoms with Crippen molar-refractivity contribution < 1.29 is 18.0 Å². The number of unbranched alkanes of at least 4 members (excludes halogenated alkanes) is 12. The minimum atomic E-state index is -2.80. The SMILES string of the molecule is CCCCCCCCCCCCCCCC(CC(=S)OCCC)[Si](OCC)(OCC)OCC. The van der Waals surface area contributed by atoms with Crippen LogP contribution in [0, 0.1) is 0 Å². The van der Waals surface area contributed by atoms with E-state index in [1.807, 2.05) is 20.8 Å². The Bertz CT molecular complexity index is 419. The first kappa shape index (κ1) is 33.0. The second-order valence-corrected chi connectivity index (χ2v) is 12.4. The zero-order valence-electron chi connectivity index (χ0n) is 22.8. The molecule has 0 spiro atoms. The van der Waals surface area contributed by atoms with Crippen molar-refractivity contribution >= 4 is 26.1 Å². The van der Waals surface area contributed by atoms with Crippen molar-refractivity contribution in [1.29, 1.82) is 0 Å². The van der Waals surface area contributed by atoms with Crippen molar-refractivity contribution in [2.75, 3.05) is 26.4 Å². The lowest BCUT2D eigenvalue weighted by atomic mass is 10.0. The van der Waals surface area contributed by atoms with Gasteiger partial charge >= 0.3 is 8.80 Å². The molecule has 0 amide bonds. The summed E-state index contributed by atoms with van der Waals surface area (Å²) in [4.78, 5) is 0. The third-order valence-electron chi connectivity index (χ3n) is 6.07. The molecule has 6 heteroatoms. The highest BCUT2D eigenvalue weighted by Gasteiger charge is 2.49. The summed E-state index contributed by atoms with van der Waals surface area (Å²) in [5.74, 6) is 0. The third-order valence-corrected chi connectivity index (χ3v) is 9.92. The number of ether oxygens (including phenoxy) is 1. The molecule has 0 bridgehead atoms. The van der Waals surface area contributed by atoms with Gasteiger partial charge in [-0.05, 0) is 45.8 Å². The highest BCUT2D eigenvalue weighted by Crippen LogP contribution is 2.35. The maximum Gasteiger partial charge on any atom is 0.504 e. The highest BCUT2D eigenvalue weighted by molar-refractivity contribution is 7.80. The van der Waals surface area contributed by atoms with Gasteiger partial charge in [-0.2, -0.15) is 0 Å². The van der Waals surface area contributed by atoms with Gasteiger partial charge in [-0.3, -0.25) is 0 Å². The highest BCUT2D eigenvalue weighted by atomic mass is 32.1. The Morgan fingerprint density at radius 2 is 1.03 bits per heavy atom. The molecule has 0 aromatic carbocycles. The second kappa shape index (κ2) is 23.7. The molecular formula is C27H56O4SSi. The molecule has 0 rings (SSSR count). The van der Waals surface area contributed by atoms with E-state index in [1.165, 1.54) is 83.5 Å². The lowest BCUT2D eigenvalue weighted by Crippen LogP contribution is -2.51. The summed E-state index contributed by atoms with van der Waals surface area (Å²) >= 11 is 5.55. The normalized spacial score (nSPS) is 12.8. The maximum atomic E-state index is 6.22. The lowest BCUT2D eigenvalue weighted by molar-refractivity contribution is 0.0594. The van der Waals surface area contributed by atoms with E-state index in [0.717, 1.165) is 12.8 Å². The standard InChI is InChI=1S/C27H56O4SSi/c1-6-11-12-13-14-15-16-17-18-19-20-21-22-23-26(25-27(32)28-24-7-2)33(29-8-3,30-9-4)31-10-5/h26H,6-25H2,1-5H3. The fourth-order valence-corrected chi connectivity index (χ4v) is 7.96. The molecule has 0 aromatic rings. The predicted octanol–water partition coefficient (Wildman–Crippen LogP) is 9.03. The molecule has 0 radical (unpaired) electrons. The quantitative estimate of drug-likeness (QED) is 0.0704. The monoisotopic (exact) mass is 504 g/mol. The molecule has 0 aliphatic heterocycles. The molecule has 1 atom stereocenters. The summed E-state index contributed by atoms with van der Waals surface area (Å²) in [5.41, 5.74) is 0.175. The number of hydrogen-bond acceptors (Lipinski definition) is 5. The van der Waals surface area contributed by atoms with Gasteiger partial charge in [0.1, 0.15) is 0 Å². The molecular weight excluding hydrogens is 448 g/mol. The van der Waals surface area contributed by atoms with E-state index in [-0.39, 0.29) is 5.54 Å². The fourth-order valence-electron chi connectivity index (χ4n) is 4.37. The molecule has 1 unspecified atom stereocenters. The van der Waals surface area contributed by atoms with Crippen LogP contribution in [0.25, 0.3) is 0 Å². The first-order chi connectivity index (χ1) is 16.1. The maximum absolute atomic E-state index is 6.22. The van der Waals surface area contributed by atoms with Crippen LogP contribution in [0.15, 0.2) is 0 Å². The van der Waals surface area contributed by atoms with Gasteiger partial charge in [0.25, 0.3) is 0 Å². The van der Waals surface area contributed by atoms with Gasteiger partial charge in [0.05, 0.1) is 6.61 Å². The predicted molar refractivity (Wildman–Crippen MR) is 148 cm³/mol. The first-order valence-corrected chi connectivity index (χ1v) is 16.4. The van der Waals surface area contributed by atoms with Gasteiger partial charge in [-0.1, -0.05) is 97.3 Å². The Morgan fingerprint density at radius 3 is 1.42 bits per heavy atom. The van der Waals surface area contributed by atoms with Gasteiger partial charge in [-0.15, -0.1) is 0 Å². The van der Waals surface area contributed by atoms with Gasteiger partial charge < -0.3 is 18.0 Å². The summed E-state index contributed by atoms with van der Waals surface area (Å²) in [6, 6.07) is 0. The lowest BCUT2D eigenvalue weighted by Gasteiger charge is -2.35. The summed E-state index contributed by atoms with van der Waals surface area (Å²) in [6.07, 6.45) is 20.4. The average Bonchev–Trinajstić information content (AvgIpc) is 2.80. The van der Waals surface area contributed by atoms with Crippen LogP contribution in [-0.4, -0.2) is 40.3 Å². The molecule has 0 N–H and O–H groups in total. The Hall–Kier alpha value is -0.0131. The van der Waals surface area contributed by atoms with Crippen molar-refractivity contribution in [3.8, 4) is 0 Å². The van der Waals surface area contributed by atoms with Crippen LogP contribution < -0.4 is 0 Å². The van der Waals surface area contributed by atoms with Crippen molar-refractivity contribution in [1.82, 2.24) is 0 Å². The molecule has 33 heavy (non-hydrogen) atoms. The average molecular weight is 505 g/mol. The van der Waals surface area contributed by atoms with Crippen molar-refractivity contribution in [3.63, 3.8) is 0 Å². The number of thiocarbonyl (C=S) groups is 1. The zero-order chi connectivity index (χ0) is 24.6. The van der Waals surface area contributed by atoms with E-state index in [2.05, 4.69) is 13.8 Å². The molecule has 0 saturated carbocycles. The van der Waals surface area contributed by atoms with E-state index < -0.39 is 8.80 Å². The Morgan fingerprint density at radius 1 is 0.606 bits per heavy atom. The van der Waals surface area contributed by atoms with Crippen molar-refractivity contribution in [3.05, 3.63) is 0 Å². The smallest absolute Gasteiger partial charge is 0.487 e. The second-order valence-electron chi connectivity index (χ2n) is 9.06. The molecule has 0 aliphatic carbocycles. The Kier molecular flexibility index (Phi) is 23.7. The number of rotatable bonds is 25. The van der Waals surface area contributed by atoms with Crippen LogP contribution in [0.2, 0.25) is 5.54 Å². The van der Waals surface area contributed by atoms with E-state index in [0.29, 0.717) is 37.9 Å². The molecule has 0 saturated heterocycles. The molecule has 0 aromatic heterocycles. The van der Waals surface area contributed by atoms with E-state index in [4.69, 9.17) is 30.2 Å². The van der Waals surface area contributed by atoms with E-state index in [9.17, 15) is 0 Å². The van der Waals surface area contributed by atoms with Gasteiger partial charge in [0.15, 0.2) is 5.05 Å². The largest absolute Gasteiger partial charge is 0.504 e. The molecule has 4 nitrogen and oxygen atoms in total. The van der Waals surface area contributed by atoms with E-state index >= 15 is 0 Å². The minimum absolute atomic E-state index is 0.175. The van der Waals surface area contributed by atoms with Crippen LogP contribution in [0.5, 0.6) is 0 Å². The summed E-state index contributed by atoms with van der Waals surface area (Å²) < 4.78 is 24.4. The minimum Gasteiger partial charge on any atom is -0.487 e. The fraction of sp³-hybridized carbons (Fsp3) is 0.963. The first-order valence-electron chi connectivity index (χ1n) is 14.2. The topological polar surface area (TPSA) is 36.9 Å². The molecule has 198 valence electrons. The van der Waals surface area contributed by atoms with Crippen LogP contribution >= 0.6 is 12.2 Å². The number of hydrogen-bond donors (Lipinski definition) is 0. The van der Waals surface area contributed by atoms with Crippen molar-refractivity contribution in [2.24, 2.45) is 0 Å². The van der Waals surface area contributed by atoms with Crippen molar-refractivity contribution in [2.45, 2.75) is 143 Å². The molecule has 0 aliphatic rings. The van der Waals surface area contributed by atoms with Gasteiger partial charge in [-0.25, -0.2) is 0 Å². The summed E-state index contributed by atoms with van der Waals surface area (Å²) in [5, 5.41) is 0.674. The Labute approximate surface area is 213 Å². The van der Waals surface area contributed by atoms with Crippen LogP contribution in [0.1, 0.15) is 137 Å². The van der Waals surface area contributed by atoms with Gasteiger partial charge in [0.2, 0.25) is 0 Å². The third kappa shape index (κ3) is 17.1. The Balaban J connectivity index is 4.42. The van der Waals surface area contributed by atoms with Crippen LogP contribution in [0.3, 0.4) is 0 Å².